The van der Waals surface area contributed by atoms with Crippen LogP contribution in [0.1, 0.15) is 19.2 Å². The Balaban J connectivity index is 1.82. The zero-order valence-electron chi connectivity index (χ0n) is 12.0. The van der Waals surface area contributed by atoms with Gasteiger partial charge in [-0.1, -0.05) is 25.1 Å². The van der Waals surface area contributed by atoms with Crippen LogP contribution < -0.4 is 5.73 Å². The second-order valence-electron chi connectivity index (χ2n) is 4.91. The minimum absolute atomic E-state index is 0.604. The van der Waals surface area contributed by atoms with E-state index in [1.807, 2.05) is 46.0 Å². The molecule has 0 saturated carbocycles. The first-order valence-electron chi connectivity index (χ1n) is 7.02. The average Bonchev–Trinajstić information content (AvgIpc) is 3.11. The summed E-state index contributed by atoms with van der Waals surface area (Å²) in [6, 6.07) is 7.79. The van der Waals surface area contributed by atoms with Crippen molar-refractivity contribution in [2.75, 3.05) is 5.73 Å². The molecule has 0 fully saturated rings. The van der Waals surface area contributed by atoms with Crippen molar-refractivity contribution in [2.45, 2.75) is 26.4 Å². The Kier molecular flexibility index (Phi) is 3.68. The molecule has 0 aliphatic carbocycles. The minimum atomic E-state index is 0.604. The number of aryl methyl sites for hydroxylation is 1. The fourth-order valence-corrected chi connectivity index (χ4v) is 2.30. The van der Waals surface area contributed by atoms with Crippen LogP contribution in [-0.2, 0) is 13.1 Å². The maximum Gasteiger partial charge on any atom is 0.148 e. The molecule has 0 spiro atoms. The van der Waals surface area contributed by atoms with Gasteiger partial charge in [0.15, 0.2) is 0 Å². The van der Waals surface area contributed by atoms with Gasteiger partial charge in [0, 0.05) is 29.6 Å². The Hall–Kier alpha value is -2.63. The number of para-hydroxylation sites is 1. The minimum Gasteiger partial charge on any atom is -0.398 e. The highest BCUT2D eigenvalue weighted by atomic mass is 15.4. The van der Waals surface area contributed by atoms with E-state index in [9.17, 15) is 0 Å². The molecule has 0 bridgehead atoms. The maximum atomic E-state index is 6.00. The van der Waals surface area contributed by atoms with E-state index < -0.39 is 0 Å². The van der Waals surface area contributed by atoms with E-state index in [4.69, 9.17) is 5.73 Å². The molecule has 108 valence electrons. The molecule has 3 aromatic rings. The number of benzene rings is 1. The number of anilines is 1. The molecule has 2 aromatic heterocycles. The molecule has 6 nitrogen and oxygen atoms in total. The molecule has 0 atom stereocenters. The van der Waals surface area contributed by atoms with Crippen molar-refractivity contribution in [1.82, 2.24) is 24.5 Å². The SMILES string of the molecule is CCCn1ncnc1Cn1cc(-c2ccccc2N)cn1. The fraction of sp³-hybridized carbons (Fsp3) is 0.267. The van der Waals surface area contributed by atoms with E-state index in [0.717, 1.165) is 35.6 Å². The first kappa shape index (κ1) is 13.4. The molecule has 2 heterocycles. The lowest BCUT2D eigenvalue weighted by Gasteiger charge is -2.04. The second kappa shape index (κ2) is 5.78. The van der Waals surface area contributed by atoms with Gasteiger partial charge < -0.3 is 5.73 Å². The summed E-state index contributed by atoms with van der Waals surface area (Å²) in [6.45, 7) is 3.59. The summed E-state index contributed by atoms with van der Waals surface area (Å²) in [4.78, 5) is 4.30. The van der Waals surface area contributed by atoms with Crippen LogP contribution in [0, 0.1) is 0 Å². The molecule has 0 radical (unpaired) electrons. The monoisotopic (exact) mass is 282 g/mol. The van der Waals surface area contributed by atoms with Crippen LogP contribution in [0.3, 0.4) is 0 Å². The smallest absolute Gasteiger partial charge is 0.148 e. The summed E-state index contributed by atoms with van der Waals surface area (Å²) in [5.41, 5.74) is 8.76. The van der Waals surface area contributed by atoms with E-state index in [-0.39, 0.29) is 0 Å². The van der Waals surface area contributed by atoms with Crippen LogP contribution in [-0.4, -0.2) is 24.5 Å². The van der Waals surface area contributed by atoms with Crippen LogP contribution in [0.4, 0.5) is 5.69 Å². The Bertz CT molecular complexity index is 727. The van der Waals surface area contributed by atoms with Crippen LogP contribution in [0.2, 0.25) is 0 Å². The van der Waals surface area contributed by atoms with Gasteiger partial charge in [0.25, 0.3) is 0 Å². The third-order valence-electron chi connectivity index (χ3n) is 3.34. The Morgan fingerprint density at radius 2 is 2.05 bits per heavy atom. The largest absolute Gasteiger partial charge is 0.398 e. The van der Waals surface area contributed by atoms with Gasteiger partial charge in [0.05, 0.1) is 6.20 Å². The quantitative estimate of drug-likeness (QED) is 0.728. The molecular weight excluding hydrogens is 264 g/mol. The predicted octanol–water partition coefficient (Wildman–Crippen LogP) is 2.18. The van der Waals surface area contributed by atoms with E-state index in [1.54, 1.807) is 6.33 Å². The fourth-order valence-electron chi connectivity index (χ4n) is 2.30. The number of hydrogen-bond donors (Lipinski definition) is 1. The molecule has 0 aliphatic rings. The second-order valence-corrected chi connectivity index (χ2v) is 4.91. The zero-order valence-corrected chi connectivity index (χ0v) is 12.0. The number of nitrogens with two attached hydrogens (primary N) is 1. The van der Waals surface area contributed by atoms with E-state index in [1.165, 1.54) is 0 Å². The van der Waals surface area contributed by atoms with Crippen molar-refractivity contribution in [2.24, 2.45) is 0 Å². The van der Waals surface area contributed by atoms with Gasteiger partial charge in [-0.15, -0.1) is 0 Å². The zero-order chi connectivity index (χ0) is 14.7. The van der Waals surface area contributed by atoms with E-state index in [0.29, 0.717) is 6.54 Å². The maximum absolute atomic E-state index is 6.00. The van der Waals surface area contributed by atoms with Gasteiger partial charge in [-0.25, -0.2) is 9.67 Å². The molecule has 3 rings (SSSR count). The molecule has 2 N–H and O–H groups in total. The third-order valence-corrected chi connectivity index (χ3v) is 3.34. The average molecular weight is 282 g/mol. The van der Waals surface area contributed by atoms with E-state index >= 15 is 0 Å². The van der Waals surface area contributed by atoms with Crippen molar-refractivity contribution in [3.8, 4) is 11.1 Å². The molecule has 6 heteroatoms. The summed E-state index contributed by atoms with van der Waals surface area (Å²) in [7, 11) is 0. The van der Waals surface area contributed by atoms with Crippen LogP contribution in [0.5, 0.6) is 0 Å². The number of rotatable bonds is 5. The highest BCUT2D eigenvalue weighted by Gasteiger charge is 2.08. The summed E-state index contributed by atoms with van der Waals surface area (Å²) in [5, 5.41) is 8.62. The van der Waals surface area contributed by atoms with Gasteiger partial charge in [-0.2, -0.15) is 10.2 Å². The van der Waals surface area contributed by atoms with Crippen molar-refractivity contribution in [3.63, 3.8) is 0 Å². The first-order chi connectivity index (χ1) is 10.3. The van der Waals surface area contributed by atoms with Gasteiger partial charge in [0.1, 0.15) is 18.7 Å². The number of nitrogen functional groups attached to an aromatic ring is 1. The molecule has 0 saturated heterocycles. The molecule has 0 aliphatic heterocycles. The molecule has 0 unspecified atom stereocenters. The van der Waals surface area contributed by atoms with E-state index in [2.05, 4.69) is 22.1 Å². The van der Waals surface area contributed by atoms with Crippen molar-refractivity contribution >= 4 is 5.69 Å². The van der Waals surface area contributed by atoms with Gasteiger partial charge in [-0.05, 0) is 12.5 Å². The lowest BCUT2D eigenvalue weighted by atomic mass is 10.1. The predicted molar refractivity (Wildman–Crippen MR) is 81.5 cm³/mol. The summed E-state index contributed by atoms with van der Waals surface area (Å²) >= 11 is 0. The molecule has 1 aromatic carbocycles. The standard InChI is InChI=1S/C15H18N6/c1-2-7-21-15(17-11-19-21)10-20-9-12(8-18-20)13-5-3-4-6-14(13)16/h3-6,8-9,11H,2,7,10,16H2,1H3. The lowest BCUT2D eigenvalue weighted by Crippen LogP contribution is -2.10. The van der Waals surface area contributed by atoms with Gasteiger partial charge >= 0.3 is 0 Å². The molecule has 21 heavy (non-hydrogen) atoms. The highest BCUT2D eigenvalue weighted by Crippen LogP contribution is 2.24. The molecular formula is C15H18N6. The summed E-state index contributed by atoms with van der Waals surface area (Å²) in [5.74, 6) is 0.910. The van der Waals surface area contributed by atoms with Gasteiger partial charge in [0.2, 0.25) is 0 Å². The normalized spacial score (nSPS) is 10.9. The van der Waals surface area contributed by atoms with Crippen molar-refractivity contribution < 1.29 is 0 Å². The van der Waals surface area contributed by atoms with Gasteiger partial charge in [-0.3, -0.25) is 4.68 Å². The number of hydrogen-bond acceptors (Lipinski definition) is 4. The van der Waals surface area contributed by atoms with Crippen LogP contribution in [0.25, 0.3) is 11.1 Å². The summed E-state index contributed by atoms with van der Waals surface area (Å²) < 4.78 is 3.77. The first-order valence-corrected chi connectivity index (χ1v) is 7.02. The third kappa shape index (κ3) is 2.79. The topological polar surface area (TPSA) is 74.5 Å². The van der Waals surface area contributed by atoms with Crippen LogP contribution in [0.15, 0.2) is 43.0 Å². The Morgan fingerprint density at radius 3 is 2.86 bits per heavy atom. The number of aromatic nitrogens is 5. The van der Waals surface area contributed by atoms with Crippen molar-refractivity contribution in [3.05, 3.63) is 48.8 Å². The Morgan fingerprint density at radius 1 is 1.19 bits per heavy atom. The number of nitrogens with zero attached hydrogens (tertiary/aromatic N) is 5. The van der Waals surface area contributed by atoms with Crippen molar-refractivity contribution in [1.29, 1.82) is 0 Å². The Labute approximate surface area is 123 Å². The van der Waals surface area contributed by atoms with Crippen LogP contribution >= 0.6 is 0 Å². The lowest BCUT2D eigenvalue weighted by molar-refractivity contribution is 0.539. The molecule has 0 amide bonds. The summed E-state index contributed by atoms with van der Waals surface area (Å²) in [6.07, 6.45) is 6.43. The highest BCUT2D eigenvalue weighted by molar-refractivity contribution is 5.75.